The monoisotopic (exact) mass is 441 g/mol. The summed E-state index contributed by atoms with van der Waals surface area (Å²) in [5, 5.41) is 11.7. The zero-order valence-electron chi connectivity index (χ0n) is 17.1. The second kappa shape index (κ2) is 9.94. The van der Waals surface area contributed by atoms with Crippen molar-refractivity contribution in [3.8, 4) is 0 Å². The number of aliphatic hydroxyl groups is 1. The molecule has 31 heavy (non-hydrogen) atoms. The molecule has 2 aromatic carbocycles. The Hall–Kier alpha value is -2.89. The van der Waals surface area contributed by atoms with Crippen molar-refractivity contribution in [3.63, 3.8) is 0 Å². The van der Waals surface area contributed by atoms with Crippen LogP contribution in [-0.4, -0.2) is 15.9 Å². The summed E-state index contributed by atoms with van der Waals surface area (Å²) in [5.41, 5.74) is 1.36. The Labute approximate surface area is 185 Å². The lowest BCUT2D eigenvalue weighted by molar-refractivity contribution is 0.0987. The van der Waals surface area contributed by atoms with E-state index in [1.807, 2.05) is 13.8 Å². The maximum atomic E-state index is 14.1. The lowest BCUT2D eigenvalue weighted by atomic mass is 9.81. The topological polar surface area (TPSA) is 50.2 Å². The average Bonchev–Trinajstić information content (AvgIpc) is 2.76. The third-order valence-electron chi connectivity index (χ3n) is 5.19. The normalized spacial score (nSPS) is 14.0. The number of rotatable bonds is 7. The summed E-state index contributed by atoms with van der Waals surface area (Å²) in [7, 11) is 0. The molecule has 0 aliphatic rings. The number of halogens is 3. The van der Waals surface area contributed by atoms with E-state index in [0.717, 1.165) is 6.07 Å². The first-order valence-electron chi connectivity index (χ1n) is 9.90. The highest BCUT2D eigenvalue weighted by atomic mass is 35.5. The van der Waals surface area contributed by atoms with Crippen LogP contribution in [0.25, 0.3) is 5.57 Å². The SMILES string of the molecule is CCC(C)/C(=C(\C(=O)c1ccc(Cl)cc1)C(O)c1cccnc1)c1cc(F)cc(F)c1. The number of hydrogen-bond acceptors (Lipinski definition) is 3. The van der Waals surface area contributed by atoms with Crippen molar-refractivity contribution in [1.29, 1.82) is 0 Å². The Morgan fingerprint density at radius 1 is 1.06 bits per heavy atom. The van der Waals surface area contributed by atoms with Gasteiger partial charge in [-0.05, 0) is 65.9 Å². The number of carbonyl (C=O) groups is 1. The second-order valence-corrected chi connectivity index (χ2v) is 7.76. The molecule has 160 valence electrons. The number of carbonyl (C=O) groups excluding carboxylic acids is 1. The van der Waals surface area contributed by atoms with Crippen molar-refractivity contribution in [2.45, 2.75) is 26.4 Å². The van der Waals surface area contributed by atoms with Crippen LogP contribution >= 0.6 is 11.6 Å². The first-order valence-corrected chi connectivity index (χ1v) is 10.3. The first kappa shape index (κ1) is 22.8. The maximum Gasteiger partial charge on any atom is 0.192 e. The van der Waals surface area contributed by atoms with E-state index in [1.165, 1.54) is 18.3 Å². The fraction of sp³-hybridized carbons (Fsp3) is 0.200. The lowest BCUT2D eigenvalue weighted by Gasteiger charge is -2.24. The number of aliphatic hydroxyl groups excluding tert-OH is 1. The molecule has 3 rings (SSSR count). The average molecular weight is 442 g/mol. The number of Topliss-reactive ketones (excluding diaryl/α,β-unsaturated/α-hetero) is 1. The number of benzene rings is 2. The summed E-state index contributed by atoms with van der Waals surface area (Å²) in [6.07, 6.45) is 2.26. The molecule has 0 aliphatic carbocycles. The van der Waals surface area contributed by atoms with E-state index in [9.17, 15) is 18.7 Å². The highest BCUT2D eigenvalue weighted by molar-refractivity contribution is 6.30. The van der Waals surface area contributed by atoms with Gasteiger partial charge in [0.05, 0.1) is 0 Å². The molecule has 1 heterocycles. The lowest BCUT2D eigenvalue weighted by Crippen LogP contribution is -2.17. The molecule has 3 nitrogen and oxygen atoms in total. The minimum atomic E-state index is -1.34. The summed E-state index contributed by atoms with van der Waals surface area (Å²) in [6.45, 7) is 3.75. The van der Waals surface area contributed by atoms with Gasteiger partial charge in [0, 0.05) is 40.2 Å². The zero-order valence-corrected chi connectivity index (χ0v) is 17.9. The van der Waals surface area contributed by atoms with Crippen molar-refractivity contribution in [1.82, 2.24) is 4.98 Å². The molecule has 1 N–H and O–H groups in total. The van der Waals surface area contributed by atoms with Crippen LogP contribution in [0.4, 0.5) is 8.78 Å². The summed E-state index contributed by atoms with van der Waals surface area (Å²) in [4.78, 5) is 17.6. The van der Waals surface area contributed by atoms with Gasteiger partial charge in [0.2, 0.25) is 0 Å². The van der Waals surface area contributed by atoms with Gasteiger partial charge in [-0.3, -0.25) is 9.78 Å². The zero-order chi connectivity index (χ0) is 22.5. The van der Waals surface area contributed by atoms with E-state index in [2.05, 4.69) is 4.98 Å². The molecule has 1 aromatic heterocycles. The first-order chi connectivity index (χ1) is 14.8. The number of allylic oxidation sites excluding steroid dienone is 1. The van der Waals surface area contributed by atoms with Crippen molar-refractivity contribution >= 4 is 23.0 Å². The van der Waals surface area contributed by atoms with Crippen LogP contribution in [0.5, 0.6) is 0 Å². The Balaban J connectivity index is 2.31. The molecule has 0 bridgehead atoms. The molecule has 2 unspecified atom stereocenters. The molecule has 2 atom stereocenters. The van der Waals surface area contributed by atoms with Gasteiger partial charge in [0.15, 0.2) is 5.78 Å². The fourth-order valence-electron chi connectivity index (χ4n) is 3.47. The Bertz CT molecular complexity index is 1080. The molecule has 0 fully saturated rings. The molecule has 0 aliphatic heterocycles. The summed E-state index contributed by atoms with van der Waals surface area (Å²) < 4.78 is 28.2. The number of hydrogen-bond donors (Lipinski definition) is 1. The molecule has 6 heteroatoms. The minimum Gasteiger partial charge on any atom is -0.383 e. The second-order valence-electron chi connectivity index (χ2n) is 7.32. The van der Waals surface area contributed by atoms with Crippen LogP contribution in [0, 0.1) is 17.6 Å². The predicted octanol–water partition coefficient (Wildman–Crippen LogP) is 6.43. The molecule has 0 radical (unpaired) electrons. The predicted molar refractivity (Wildman–Crippen MR) is 118 cm³/mol. The van der Waals surface area contributed by atoms with Crippen LogP contribution in [-0.2, 0) is 0 Å². The number of nitrogens with zero attached hydrogens (tertiary/aromatic N) is 1. The fourth-order valence-corrected chi connectivity index (χ4v) is 3.60. The van der Waals surface area contributed by atoms with Crippen molar-refractivity contribution in [3.05, 3.63) is 106 Å². The quantitative estimate of drug-likeness (QED) is 0.339. The van der Waals surface area contributed by atoms with E-state index < -0.39 is 23.5 Å². The van der Waals surface area contributed by atoms with E-state index in [-0.39, 0.29) is 17.1 Å². The highest BCUT2D eigenvalue weighted by Crippen LogP contribution is 2.37. The Morgan fingerprint density at radius 2 is 1.71 bits per heavy atom. The van der Waals surface area contributed by atoms with Gasteiger partial charge in [-0.15, -0.1) is 0 Å². The van der Waals surface area contributed by atoms with Crippen molar-refractivity contribution < 1.29 is 18.7 Å². The number of aromatic nitrogens is 1. The van der Waals surface area contributed by atoms with Crippen LogP contribution in [0.1, 0.15) is 47.9 Å². The molecule has 0 spiro atoms. The molecule has 0 amide bonds. The Kier molecular flexibility index (Phi) is 7.31. The molecule has 0 saturated heterocycles. The van der Waals surface area contributed by atoms with Crippen LogP contribution < -0.4 is 0 Å². The van der Waals surface area contributed by atoms with Crippen LogP contribution in [0.15, 0.2) is 72.6 Å². The number of ketones is 1. The standard InChI is InChI=1S/C25H22ClF2NO2/c1-3-15(2)22(18-11-20(27)13-21(28)12-18)23(25(31)17-5-4-10-29-14-17)24(30)16-6-8-19(26)9-7-16/h4-15,25,31H,3H2,1-2H3/b23-22-. The van der Waals surface area contributed by atoms with Gasteiger partial charge in [-0.25, -0.2) is 8.78 Å². The van der Waals surface area contributed by atoms with Gasteiger partial charge in [-0.1, -0.05) is 31.5 Å². The van der Waals surface area contributed by atoms with E-state index in [0.29, 0.717) is 28.1 Å². The Morgan fingerprint density at radius 3 is 2.26 bits per heavy atom. The van der Waals surface area contributed by atoms with E-state index in [4.69, 9.17) is 11.6 Å². The van der Waals surface area contributed by atoms with Gasteiger partial charge < -0.3 is 5.11 Å². The summed E-state index contributed by atoms with van der Waals surface area (Å²) in [6, 6.07) is 12.7. The van der Waals surface area contributed by atoms with Gasteiger partial charge >= 0.3 is 0 Å². The summed E-state index contributed by atoms with van der Waals surface area (Å²) in [5.74, 6) is -2.23. The maximum absolute atomic E-state index is 14.1. The van der Waals surface area contributed by atoms with Crippen LogP contribution in [0.2, 0.25) is 5.02 Å². The number of pyridine rings is 1. The molecule has 3 aromatic rings. The smallest absolute Gasteiger partial charge is 0.192 e. The van der Waals surface area contributed by atoms with Crippen molar-refractivity contribution in [2.24, 2.45) is 5.92 Å². The van der Waals surface area contributed by atoms with Gasteiger partial charge in [0.1, 0.15) is 17.7 Å². The minimum absolute atomic E-state index is 0.0506. The van der Waals surface area contributed by atoms with Crippen LogP contribution in [0.3, 0.4) is 0 Å². The molecular formula is C25H22ClF2NO2. The highest BCUT2D eigenvalue weighted by Gasteiger charge is 2.29. The molecular weight excluding hydrogens is 420 g/mol. The van der Waals surface area contributed by atoms with Gasteiger partial charge in [-0.2, -0.15) is 0 Å². The van der Waals surface area contributed by atoms with Gasteiger partial charge in [0.25, 0.3) is 0 Å². The largest absolute Gasteiger partial charge is 0.383 e. The summed E-state index contributed by atoms with van der Waals surface area (Å²) >= 11 is 5.96. The third kappa shape index (κ3) is 5.24. The third-order valence-corrected chi connectivity index (χ3v) is 5.45. The van der Waals surface area contributed by atoms with Crippen molar-refractivity contribution in [2.75, 3.05) is 0 Å². The van der Waals surface area contributed by atoms with E-state index >= 15 is 0 Å². The molecule has 0 saturated carbocycles. The van der Waals surface area contributed by atoms with E-state index in [1.54, 1.807) is 42.6 Å².